The van der Waals surface area contributed by atoms with E-state index in [9.17, 15) is 4.39 Å². The number of nitrogens with one attached hydrogen (secondary N) is 1. The van der Waals surface area contributed by atoms with Crippen molar-refractivity contribution in [2.45, 2.75) is 6.92 Å². The van der Waals surface area contributed by atoms with Gasteiger partial charge in [-0.05, 0) is 12.5 Å². The van der Waals surface area contributed by atoms with Gasteiger partial charge in [-0.1, -0.05) is 42.5 Å². The summed E-state index contributed by atoms with van der Waals surface area (Å²) in [5.41, 5.74) is 1.17. The summed E-state index contributed by atoms with van der Waals surface area (Å²) in [6.07, 6.45) is 14.3. The molecule has 1 unspecified atom stereocenters. The molecule has 0 amide bonds. The highest BCUT2D eigenvalue weighted by Gasteiger charge is 2.02. The van der Waals surface area contributed by atoms with Crippen molar-refractivity contribution in [1.29, 1.82) is 0 Å². The molecule has 2 heteroatoms. The minimum atomic E-state index is -0.468. The minimum Gasteiger partial charge on any atom is -0.289 e. The fourth-order valence-corrected chi connectivity index (χ4v) is 1.38. The first-order valence-electron chi connectivity index (χ1n) is 4.83. The smallest absolute Gasteiger partial charge is 0.140 e. The number of rotatable bonds is 4. The molecule has 1 N–H and O–H groups in total. The molecule has 0 aliphatic heterocycles. The fourth-order valence-electron chi connectivity index (χ4n) is 1.38. The van der Waals surface area contributed by atoms with Gasteiger partial charge in [-0.15, -0.1) is 0 Å². The highest BCUT2D eigenvalue weighted by Crippen LogP contribution is 2.11. The monoisotopic (exact) mass is 193 g/mol. The van der Waals surface area contributed by atoms with Crippen molar-refractivity contribution < 1.29 is 4.39 Å². The molecular weight excluding hydrogens is 177 g/mol. The molecule has 0 radical (unpaired) electrons. The molecule has 0 aromatic carbocycles. The van der Waals surface area contributed by atoms with Crippen molar-refractivity contribution >= 4 is 0 Å². The molecule has 0 bridgehead atoms. The molecule has 0 aromatic rings. The highest BCUT2D eigenvalue weighted by atomic mass is 19.1. The van der Waals surface area contributed by atoms with Gasteiger partial charge in [0.05, 0.1) is 0 Å². The van der Waals surface area contributed by atoms with Crippen LogP contribution in [0.25, 0.3) is 0 Å². The van der Waals surface area contributed by atoms with E-state index in [0.29, 0.717) is 6.54 Å². The number of hydrogen-bond donors (Lipinski definition) is 1. The summed E-state index contributed by atoms with van der Waals surface area (Å²) in [7, 11) is 0. The van der Waals surface area contributed by atoms with Crippen molar-refractivity contribution in [2.24, 2.45) is 5.92 Å². The molecule has 1 rings (SSSR count). The van der Waals surface area contributed by atoms with Gasteiger partial charge in [-0.2, -0.15) is 0 Å². The van der Waals surface area contributed by atoms with Crippen LogP contribution in [0.4, 0.5) is 4.39 Å². The fraction of sp³-hybridized carbons (Fsp3) is 0.333. The molecule has 0 spiro atoms. The third-order valence-corrected chi connectivity index (χ3v) is 2.00. The van der Waals surface area contributed by atoms with Crippen LogP contribution in [0.1, 0.15) is 6.92 Å². The van der Waals surface area contributed by atoms with Crippen molar-refractivity contribution in [3.63, 3.8) is 0 Å². The van der Waals surface area contributed by atoms with E-state index in [2.05, 4.69) is 17.5 Å². The van der Waals surface area contributed by atoms with Crippen molar-refractivity contribution in [1.82, 2.24) is 5.32 Å². The van der Waals surface area contributed by atoms with E-state index in [0.717, 1.165) is 0 Å². The van der Waals surface area contributed by atoms with Gasteiger partial charge in [-0.25, -0.2) is 4.39 Å². The Hall–Kier alpha value is -1.15. The van der Waals surface area contributed by atoms with Crippen molar-refractivity contribution in [2.75, 3.05) is 13.3 Å². The van der Waals surface area contributed by atoms with Gasteiger partial charge in [0.25, 0.3) is 0 Å². The Morgan fingerprint density at radius 2 is 2.36 bits per heavy atom. The van der Waals surface area contributed by atoms with Gasteiger partial charge in [-0.3, -0.25) is 5.32 Å². The predicted molar refractivity (Wildman–Crippen MR) is 58.6 cm³/mol. The lowest BCUT2D eigenvalue weighted by Gasteiger charge is -2.07. The molecule has 1 aliphatic carbocycles. The topological polar surface area (TPSA) is 12.0 Å². The van der Waals surface area contributed by atoms with Crippen LogP contribution in [0.2, 0.25) is 0 Å². The van der Waals surface area contributed by atoms with Crippen LogP contribution in [-0.4, -0.2) is 13.3 Å². The predicted octanol–water partition coefficient (Wildman–Crippen LogP) is 2.75. The van der Waals surface area contributed by atoms with Crippen LogP contribution < -0.4 is 5.32 Å². The zero-order valence-corrected chi connectivity index (χ0v) is 8.41. The van der Waals surface area contributed by atoms with Gasteiger partial charge in [0.15, 0.2) is 0 Å². The number of hydrogen-bond acceptors (Lipinski definition) is 1. The first-order valence-corrected chi connectivity index (χ1v) is 4.83. The molecule has 0 aromatic heterocycles. The maximum atomic E-state index is 11.9. The van der Waals surface area contributed by atoms with Crippen molar-refractivity contribution in [3.05, 3.63) is 48.1 Å². The molecule has 1 aliphatic rings. The summed E-state index contributed by atoms with van der Waals surface area (Å²) in [6, 6.07) is 0. The van der Waals surface area contributed by atoms with Gasteiger partial charge < -0.3 is 0 Å². The molecular formula is C12H16FN. The summed E-state index contributed by atoms with van der Waals surface area (Å²) in [6.45, 7) is 2.17. The molecule has 76 valence electrons. The second kappa shape index (κ2) is 6.33. The van der Waals surface area contributed by atoms with Crippen LogP contribution in [0.3, 0.4) is 0 Å². The lowest BCUT2D eigenvalue weighted by Crippen LogP contribution is -2.19. The number of halogens is 1. The summed E-state index contributed by atoms with van der Waals surface area (Å²) in [4.78, 5) is 0. The molecule has 1 nitrogen and oxygen atoms in total. The van der Waals surface area contributed by atoms with E-state index in [4.69, 9.17) is 0 Å². The van der Waals surface area contributed by atoms with E-state index in [1.807, 2.05) is 37.3 Å². The molecule has 0 heterocycles. The number of alkyl halides is 1. The molecule has 14 heavy (non-hydrogen) atoms. The second-order valence-electron chi connectivity index (χ2n) is 3.16. The minimum absolute atomic E-state index is 0.270. The van der Waals surface area contributed by atoms with Crippen LogP contribution in [0.15, 0.2) is 48.1 Å². The molecule has 0 saturated heterocycles. The third kappa shape index (κ3) is 3.71. The lowest BCUT2D eigenvalue weighted by atomic mass is 10.1. The Labute approximate surface area is 84.7 Å². The summed E-state index contributed by atoms with van der Waals surface area (Å²) < 4.78 is 11.9. The van der Waals surface area contributed by atoms with E-state index in [-0.39, 0.29) is 5.92 Å². The standard InChI is InChI=1S/C12H16FN/c1-2-5-11-6-3-4-7-12(8-11)9-14-10-13/h2-8,12,14H,9-10H2,1H3/b5-2-. The zero-order chi connectivity index (χ0) is 10.2. The first kappa shape index (κ1) is 10.9. The van der Waals surface area contributed by atoms with Crippen LogP contribution in [0.5, 0.6) is 0 Å². The summed E-state index contributed by atoms with van der Waals surface area (Å²) in [5.74, 6) is 0.270. The Balaban J connectivity index is 2.62. The normalized spacial score (nSPS) is 21.3. The van der Waals surface area contributed by atoms with Gasteiger partial charge in [0, 0.05) is 12.5 Å². The van der Waals surface area contributed by atoms with Crippen LogP contribution in [-0.2, 0) is 0 Å². The van der Waals surface area contributed by atoms with Gasteiger partial charge >= 0.3 is 0 Å². The Morgan fingerprint density at radius 1 is 1.50 bits per heavy atom. The quantitative estimate of drug-likeness (QED) is 0.677. The maximum absolute atomic E-state index is 11.9. The Bertz CT molecular complexity index is 274. The molecule has 0 fully saturated rings. The molecule has 1 atom stereocenters. The van der Waals surface area contributed by atoms with Crippen molar-refractivity contribution in [3.8, 4) is 0 Å². The van der Waals surface area contributed by atoms with Gasteiger partial charge in [0.1, 0.15) is 6.80 Å². The van der Waals surface area contributed by atoms with Gasteiger partial charge in [0.2, 0.25) is 0 Å². The maximum Gasteiger partial charge on any atom is 0.140 e. The number of allylic oxidation sites excluding steroid dienone is 6. The summed E-state index contributed by atoms with van der Waals surface area (Å²) >= 11 is 0. The van der Waals surface area contributed by atoms with E-state index < -0.39 is 6.80 Å². The zero-order valence-electron chi connectivity index (χ0n) is 8.41. The SMILES string of the molecule is C/C=C\C1=CC(CNCF)C=CC=C1. The van der Waals surface area contributed by atoms with E-state index in [1.54, 1.807) is 0 Å². The molecule has 0 saturated carbocycles. The van der Waals surface area contributed by atoms with E-state index in [1.165, 1.54) is 5.57 Å². The summed E-state index contributed by atoms with van der Waals surface area (Å²) in [5, 5.41) is 2.69. The highest BCUT2D eigenvalue weighted by molar-refractivity contribution is 5.36. The third-order valence-electron chi connectivity index (χ3n) is 2.00. The Kier molecular flexibility index (Phi) is 4.94. The first-order chi connectivity index (χ1) is 6.86. The Morgan fingerprint density at radius 3 is 3.07 bits per heavy atom. The second-order valence-corrected chi connectivity index (χ2v) is 3.16. The average Bonchev–Trinajstić information content (AvgIpc) is 2.41. The largest absolute Gasteiger partial charge is 0.289 e. The van der Waals surface area contributed by atoms with Crippen LogP contribution in [0, 0.1) is 5.92 Å². The van der Waals surface area contributed by atoms with E-state index >= 15 is 0 Å². The lowest BCUT2D eigenvalue weighted by molar-refractivity contribution is 0.418. The van der Waals surface area contributed by atoms with Crippen LogP contribution >= 0.6 is 0 Å². The average molecular weight is 193 g/mol.